The van der Waals surface area contributed by atoms with Gasteiger partial charge in [-0.1, -0.05) is 24.6 Å². The smallest absolute Gasteiger partial charge is 0.336 e. The molecule has 1 N–H and O–H groups in total. The standard InChI is InChI=1S/C20H23N3O5S2/c1-3-26-19(25)16-13-6-4-5-7-14(13)30-18(16)21-15(24)10-29-20-23-22-17(28-20)12-8-9-27-11(12)2/h8-9,13-14H,3-7,10H2,1-2H3,(H,21,24)/t13-,14-/m1/s1. The van der Waals surface area contributed by atoms with E-state index in [0.29, 0.717) is 39.3 Å². The van der Waals surface area contributed by atoms with E-state index in [4.69, 9.17) is 13.6 Å². The number of nitrogens with one attached hydrogen (secondary N) is 1. The number of ether oxygens (including phenoxy) is 1. The summed E-state index contributed by atoms with van der Waals surface area (Å²) in [4.78, 5) is 25.1. The largest absolute Gasteiger partial charge is 0.469 e. The molecule has 160 valence electrons. The highest BCUT2D eigenvalue weighted by atomic mass is 32.2. The topological polar surface area (TPSA) is 107 Å². The van der Waals surface area contributed by atoms with Gasteiger partial charge in [-0.2, -0.15) is 0 Å². The molecule has 2 atom stereocenters. The molecule has 0 bridgehead atoms. The molecule has 8 nitrogen and oxygen atoms in total. The van der Waals surface area contributed by atoms with Crippen LogP contribution in [0.4, 0.5) is 0 Å². The highest BCUT2D eigenvalue weighted by molar-refractivity contribution is 8.04. The zero-order chi connectivity index (χ0) is 21.1. The van der Waals surface area contributed by atoms with E-state index in [1.165, 1.54) is 0 Å². The summed E-state index contributed by atoms with van der Waals surface area (Å²) in [5.74, 6) is 0.753. The van der Waals surface area contributed by atoms with Crippen LogP contribution < -0.4 is 5.32 Å². The molecule has 4 rings (SSSR count). The zero-order valence-corrected chi connectivity index (χ0v) is 18.4. The third-order valence-electron chi connectivity index (χ3n) is 5.16. The van der Waals surface area contributed by atoms with Crippen molar-refractivity contribution in [3.05, 3.63) is 28.7 Å². The van der Waals surface area contributed by atoms with Gasteiger partial charge >= 0.3 is 5.97 Å². The maximum atomic E-state index is 12.6. The lowest BCUT2D eigenvalue weighted by molar-refractivity contribution is -0.139. The van der Waals surface area contributed by atoms with E-state index in [0.717, 1.165) is 43.0 Å². The molecule has 1 fully saturated rings. The Balaban J connectivity index is 1.40. The molecular weight excluding hydrogens is 426 g/mol. The first-order valence-corrected chi connectivity index (χ1v) is 11.8. The number of hydrogen-bond donors (Lipinski definition) is 1. The molecule has 0 spiro atoms. The number of amides is 1. The highest BCUT2D eigenvalue weighted by Gasteiger charge is 2.41. The van der Waals surface area contributed by atoms with E-state index in [2.05, 4.69) is 15.5 Å². The van der Waals surface area contributed by atoms with Gasteiger partial charge in [0.2, 0.25) is 5.91 Å². The fourth-order valence-corrected chi connectivity index (χ4v) is 5.90. The number of nitrogens with zero attached hydrogens (tertiary/aromatic N) is 2. The number of esters is 1. The molecule has 1 aliphatic carbocycles. The number of furan rings is 1. The average molecular weight is 450 g/mol. The second-order valence-corrected chi connectivity index (χ2v) is 9.29. The van der Waals surface area contributed by atoms with Crippen molar-refractivity contribution < 1.29 is 23.2 Å². The van der Waals surface area contributed by atoms with E-state index >= 15 is 0 Å². The molecule has 0 radical (unpaired) electrons. The van der Waals surface area contributed by atoms with E-state index in [1.54, 1.807) is 31.0 Å². The Kier molecular flexibility index (Phi) is 6.52. The predicted molar refractivity (Wildman–Crippen MR) is 113 cm³/mol. The van der Waals surface area contributed by atoms with Crippen LogP contribution in [0.15, 0.2) is 37.0 Å². The Morgan fingerprint density at radius 2 is 2.17 bits per heavy atom. The first kappa shape index (κ1) is 21.0. The summed E-state index contributed by atoms with van der Waals surface area (Å²) < 4.78 is 16.1. The Bertz CT molecular complexity index is 967. The molecule has 0 aromatic carbocycles. The average Bonchev–Trinajstić information content (AvgIpc) is 3.44. The highest BCUT2D eigenvalue weighted by Crippen LogP contribution is 2.48. The first-order valence-electron chi connectivity index (χ1n) is 9.95. The maximum Gasteiger partial charge on any atom is 0.336 e. The van der Waals surface area contributed by atoms with Crippen LogP contribution >= 0.6 is 23.5 Å². The van der Waals surface area contributed by atoms with Crippen LogP contribution in [0.1, 0.15) is 38.4 Å². The fraction of sp³-hybridized carbons (Fsp3) is 0.500. The summed E-state index contributed by atoms with van der Waals surface area (Å²) in [6.45, 7) is 3.92. The SMILES string of the molecule is CCOC(=O)C1=C(NC(=O)CSc2nnc(-c3ccoc3C)o2)S[C@@H]2CCCC[C@@H]12. The van der Waals surface area contributed by atoms with Crippen LogP contribution in [0.25, 0.3) is 11.5 Å². The number of hydrogen-bond acceptors (Lipinski definition) is 9. The van der Waals surface area contributed by atoms with Gasteiger partial charge in [-0.3, -0.25) is 4.79 Å². The van der Waals surface area contributed by atoms with Gasteiger partial charge in [0, 0.05) is 11.2 Å². The second kappa shape index (κ2) is 9.30. The van der Waals surface area contributed by atoms with Gasteiger partial charge in [0.05, 0.1) is 34.8 Å². The monoisotopic (exact) mass is 449 g/mol. The molecule has 2 aliphatic rings. The van der Waals surface area contributed by atoms with Crippen molar-refractivity contribution in [3.8, 4) is 11.5 Å². The zero-order valence-electron chi connectivity index (χ0n) is 16.8. The van der Waals surface area contributed by atoms with Gasteiger partial charge < -0.3 is 18.9 Å². The van der Waals surface area contributed by atoms with Gasteiger partial charge in [-0.15, -0.1) is 22.0 Å². The summed E-state index contributed by atoms with van der Waals surface area (Å²) in [6.07, 6.45) is 5.80. The Morgan fingerprint density at radius 3 is 2.93 bits per heavy atom. The first-order chi connectivity index (χ1) is 14.6. The minimum atomic E-state index is -0.320. The number of aryl methyl sites for hydroxylation is 1. The Hall–Kier alpha value is -2.20. The molecule has 0 saturated heterocycles. The van der Waals surface area contributed by atoms with E-state index in [-0.39, 0.29) is 23.5 Å². The van der Waals surface area contributed by atoms with Crippen LogP contribution in [0.5, 0.6) is 0 Å². The van der Waals surface area contributed by atoms with Crippen molar-refractivity contribution in [1.82, 2.24) is 15.5 Å². The lowest BCUT2D eigenvalue weighted by atomic mass is 9.84. The molecule has 1 saturated carbocycles. The number of aromatic nitrogens is 2. The van der Waals surface area contributed by atoms with E-state index < -0.39 is 0 Å². The summed E-state index contributed by atoms with van der Waals surface area (Å²) >= 11 is 2.74. The molecule has 3 heterocycles. The van der Waals surface area contributed by atoms with Crippen molar-refractivity contribution in [3.63, 3.8) is 0 Å². The minimum absolute atomic E-state index is 0.0987. The minimum Gasteiger partial charge on any atom is -0.469 e. The van der Waals surface area contributed by atoms with Crippen molar-refractivity contribution in [2.45, 2.75) is 50.0 Å². The van der Waals surface area contributed by atoms with Crippen LogP contribution in [0.2, 0.25) is 0 Å². The number of carbonyl (C=O) groups is 2. The van der Waals surface area contributed by atoms with Gasteiger partial charge in [-0.05, 0) is 32.8 Å². The van der Waals surface area contributed by atoms with Gasteiger partial charge in [-0.25, -0.2) is 4.79 Å². The molecule has 1 aliphatic heterocycles. The summed E-state index contributed by atoms with van der Waals surface area (Å²) in [5, 5.41) is 12.2. The third-order valence-corrected chi connectivity index (χ3v) is 7.40. The van der Waals surface area contributed by atoms with Gasteiger partial charge in [0.25, 0.3) is 11.1 Å². The number of rotatable bonds is 7. The van der Waals surface area contributed by atoms with Gasteiger partial charge in [0.15, 0.2) is 0 Å². The number of thioether (sulfide) groups is 2. The van der Waals surface area contributed by atoms with Crippen molar-refractivity contribution in [2.75, 3.05) is 12.4 Å². The van der Waals surface area contributed by atoms with E-state index in [1.807, 2.05) is 6.92 Å². The summed E-state index contributed by atoms with van der Waals surface area (Å²) in [7, 11) is 0. The normalized spacial score (nSPS) is 20.9. The van der Waals surface area contributed by atoms with Crippen molar-refractivity contribution in [1.29, 1.82) is 0 Å². The predicted octanol–water partition coefficient (Wildman–Crippen LogP) is 3.93. The van der Waals surface area contributed by atoms with Gasteiger partial charge in [0.1, 0.15) is 5.76 Å². The molecule has 2 aromatic heterocycles. The lowest BCUT2D eigenvalue weighted by Gasteiger charge is -2.25. The van der Waals surface area contributed by atoms with Crippen LogP contribution in [-0.4, -0.2) is 39.7 Å². The maximum absolute atomic E-state index is 12.6. The molecule has 30 heavy (non-hydrogen) atoms. The number of carbonyl (C=O) groups excluding carboxylic acids is 2. The van der Waals surface area contributed by atoms with Crippen LogP contribution in [0.3, 0.4) is 0 Å². The Morgan fingerprint density at radius 1 is 1.33 bits per heavy atom. The van der Waals surface area contributed by atoms with Crippen LogP contribution in [0, 0.1) is 12.8 Å². The van der Waals surface area contributed by atoms with E-state index in [9.17, 15) is 9.59 Å². The van der Waals surface area contributed by atoms with Crippen molar-refractivity contribution >= 4 is 35.4 Å². The van der Waals surface area contributed by atoms with Crippen molar-refractivity contribution in [2.24, 2.45) is 5.92 Å². The fourth-order valence-electron chi connectivity index (χ4n) is 3.77. The summed E-state index contributed by atoms with van der Waals surface area (Å²) in [6, 6.07) is 1.75. The third kappa shape index (κ3) is 4.44. The Labute approximate surface area is 182 Å². The summed E-state index contributed by atoms with van der Waals surface area (Å²) in [5.41, 5.74) is 1.36. The lowest BCUT2D eigenvalue weighted by Crippen LogP contribution is -2.26. The molecule has 2 aromatic rings. The second-order valence-electron chi connectivity index (χ2n) is 7.11. The molecule has 0 unspecified atom stereocenters. The quantitative estimate of drug-likeness (QED) is 0.497. The molecule has 1 amide bonds. The molecular formula is C20H23N3O5S2. The van der Waals surface area contributed by atoms with Crippen LogP contribution in [-0.2, 0) is 14.3 Å². The number of fused-ring (bicyclic) bond motifs is 1. The molecule has 10 heteroatoms.